The van der Waals surface area contributed by atoms with Gasteiger partial charge in [0.2, 0.25) is 0 Å². The number of aryl methyl sites for hydroxylation is 3. The van der Waals surface area contributed by atoms with Crippen LogP contribution >= 0.6 is 0 Å². The van der Waals surface area contributed by atoms with Crippen molar-refractivity contribution in [2.45, 2.75) is 20.8 Å². The molecule has 1 amide bonds. The molecule has 0 saturated carbocycles. The highest BCUT2D eigenvalue weighted by Crippen LogP contribution is 2.19. The molecule has 0 heterocycles. The second-order valence-corrected chi connectivity index (χ2v) is 6.45. The zero-order valence-electron chi connectivity index (χ0n) is 15.3. The fraction of sp³-hybridized carbons (Fsp3) is 0.130. The molecule has 3 heteroatoms. The van der Waals surface area contributed by atoms with Crippen LogP contribution in [0.5, 0.6) is 0 Å². The van der Waals surface area contributed by atoms with E-state index in [1.54, 1.807) is 6.21 Å². The molecule has 0 unspecified atom stereocenters. The molecule has 0 aliphatic heterocycles. The lowest BCUT2D eigenvalue weighted by molar-refractivity contribution is 0.0955. The predicted octanol–water partition coefficient (Wildman–Crippen LogP) is 5.04. The van der Waals surface area contributed by atoms with Gasteiger partial charge in [0, 0.05) is 11.1 Å². The van der Waals surface area contributed by atoms with Crippen LogP contribution in [0.3, 0.4) is 0 Å². The Labute approximate surface area is 154 Å². The van der Waals surface area contributed by atoms with Gasteiger partial charge in [0.25, 0.3) is 5.91 Å². The van der Waals surface area contributed by atoms with Gasteiger partial charge in [0.1, 0.15) is 0 Å². The van der Waals surface area contributed by atoms with Gasteiger partial charge >= 0.3 is 0 Å². The summed E-state index contributed by atoms with van der Waals surface area (Å²) >= 11 is 0. The highest BCUT2D eigenvalue weighted by molar-refractivity contribution is 5.95. The Morgan fingerprint density at radius 1 is 0.846 bits per heavy atom. The van der Waals surface area contributed by atoms with Crippen molar-refractivity contribution in [2.24, 2.45) is 5.10 Å². The molecule has 0 aliphatic rings. The van der Waals surface area contributed by atoms with Crippen LogP contribution < -0.4 is 5.43 Å². The molecule has 0 bridgehead atoms. The quantitative estimate of drug-likeness (QED) is 0.523. The summed E-state index contributed by atoms with van der Waals surface area (Å²) in [6.45, 7) is 6.17. The third-order valence-corrected chi connectivity index (χ3v) is 4.35. The summed E-state index contributed by atoms with van der Waals surface area (Å²) in [5, 5.41) is 4.13. The van der Waals surface area contributed by atoms with Gasteiger partial charge in [-0.15, -0.1) is 0 Å². The first-order valence-corrected chi connectivity index (χ1v) is 8.61. The Hall–Kier alpha value is -3.20. The molecule has 0 aliphatic carbocycles. The van der Waals surface area contributed by atoms with Gasteiger partial charge in [-0.2, -0.15) is 5.10 Å². The van der Waals surface area contributed by atoms with Gasteiger partial charge in [0.15, 0.2) is 0 Å². The molecule has 3 nitrogen and oxygen atoms in total. The van der Waals surface area contributed by atoms with Gasteiger partial charge in [-0.05, 0) is 55.2 Å². The summed E-state index contributed by atoms with van der Waals surface area (Å²) in [4.78, 5) is 12.3. The third-order valence-electron chi connectivity index (χ3n) is 4.35. The van der Waals surface area contributed by atoms with Crippen LogP contribution in [0, 0.1) is 20.8 Å². The van der Waals surface area contributed by atoms with E-state index in [1.807, 2.05) is 68.4 Å². The molecule has 0 atom stereocenters. The molecule has 130 valence electrons. The second kappa shape index (κ2) is 7.79. The fourth-order valence-corrected chi connectivity index (χ4v) is 3.06. The van der Waals surface area contributed by atoms with Crippen molar-refractivity contribution < 1.29 is 4.79 Å². The molecule has 1 N–H and O–H groups in total. The van der Waals surface area contributed by atoms with E-state index in [0.29, 0.717) is 5.56 Å². The number of hydrazone groups is 1. The number of nitrogens with zero attached hydrogens (tertiary/aromatic N) is 1. The monoisotopic (exact) mass is 342 g/mol. The molecule has 0 aromatic heterocycles. The summed E-state index contributed by atoms with van der Waals surface area (Å²) in [6.07, 6.45) is 1.71. The Balaban J connectivity index is 1.69. The summed E-state index contributed by atoms with van der Waals surface area (Å²) in [5.74, 6) is -0.219. The zero-order chi connectivity index (χ0) is 18.5. The lowest BCUT2D eigenvalue weighted by atomic mass is 10.0. The number of hydrogen-bond acceptors (Lipinski definition) is 2. The summed E-state index contributed by atoms with van der Waals surface area (Å²) in [6, 6.07) is 21.8. The fourth-order valence-electron chi connectivity index (χ4n) is 3.06. The largest absolute Gasteiger partial charge is 0.271 e. The number of hydrogen-bond donors (Lipinski definition) is 1. The van der Waals surface area contributed by atoms with E-state index in [4.69, 9.17) is 0 Å². The topological polar surface area (TPSA) is 41.5 Å². The van der Waals surface area contributed by atoms with Crippen LogP contribution in [-0.2, 0) is 0 Å². The Morgan fingerprint density at radius 3 is 2.04 bits per heavy atom. The smallest absolute Gasteiger partial charge is 0.267 e. The summed E-state index contributed by atoms with van der Waals surface area (Å²) < 4.78 is 0. The van der Waals surface area contributed by atoms with Crippen LogP contribution in [0.4, 0.5) is 0 Å². The zero-order valence-corrected chi connectivity index (χ0v) is 15.3. The first kappa shape index (κ1) is 17.6. The van der Waals surface area contributed by atoms with Crippen molar-refractivity contribution in [3.63, 3.8) is 0 Å². The van der Waals surface area contributed by atoms with Crippen LogP contribution in [0.15, 0.2) is 71.8 Å². The molecule has 0 saturated heterocycles. The number of nitrogens with one attached hydrogen (secondary N) is 1. The minimum Gasteiger partial charge on any atom is -0.267 e. The van der Waals surface area contributed by atoms with Gasteiger partial charge in [0.05, 0.1) is 6.21 Å². The Morgan fingerprint density at radius 2 is 1.42 bits per heavy atom. The maximum Gasteiger partial charge on any atom is 0.271 e. The average Bonchev–Trinajstić information content (AvgIpc) is 2.64. The molecule has 26 heavy (non-hydrogen) atoms. The van der Waals surface area contributed by atoms with Crippen LogP contribution in [0.25, 0.3) is 11.1 Å². The minimum absolute atomic E-state index is 0.219. The van der Waals surface area contributed by atoms with Crippen molar-refractivity contribution in [1.29, 1.82) is 0 Å². The number of rotatable bonds is 4. The number of carbonyl (C=O) groups excluding carboxylic acids is 1. The second-order valence-electron chi connectivity index (χ2n) is 6.45. The summed E-state index contributed by atoms with van der Waals surface area (Å²) in [7, 11) is 0. The van der Waals surface area contributed by atoms with E-state index >= 15 is 0 Å². The van der Waals surface area contributed by atoms with E-state index < -0.39 is 0 Å². The Kier molecular flexibility index (Phi) is 5.28. The van der Waals surface area contributed by atoms with Crippen LogP contribution in [-0.4, -0.2) is 12.1 Å². The van der Waals surface area contributed by atoms with Crippen molar-refractivity contribution in [3.05, 3.63) is 94.5 Å². The normalized spacial score (nSPS) is 10.9. The highest BCUT2D eigenvalue weighted by atomic mass is 16.2. The lowest BCUT2D eigenvalue weighted by Crippen LogP contribution is -2.17. The van der Waals surface area contributed by atoms with Gasteiger partial charge < -0.3 is 0 Å². The SMILES string of the molecule is Cc1cc(C)c(/C=N/NC(=O)c2ccc(-c3ccccc3)cc2)c(C)c1. The maximum absolute atomic E-state index is 12.3. The molecular formula is C23H22N2O. The number of amides is 1. The third kappa shape index (κ3) is 4.06. The first-order valence-electron chi connectivity index (χ1n) is 8.61. The molecule has 0 fully saturated rings. The molecule has 3 aromatic carbocycles. The number of benzene rings is 3. The first-order chi connectivity index (χ1) is 12.5. The van der Waals surface area contributed by atoms with Crippen LogP contribution in [0.2, 0.25) is 0 Å². The standard InChI is InChI=1S/C23H22N2O/c1-16-13-17(2)22(18(3)14-16)15-24-25-23(26)21-11-9-20(10-12-21)19-7-5-4-6-8-19/h4-15H,1-3H3,(H,25,26)/b24-15+. The van der Waals surface area contributed by atoms with E-state index in [2.05, 4.69) is 29.6 Å². The van der Waals surface area contributed by atoms with E-state index in [9.17, 15) is 4.79 Å². The Bertz CT molecular complexity index is 919. The highest BCUT2D eigenvalue weighted by Gasteiger charge is 2.05. The summed E-state index contributed by atoms with van der Waals surface area (Å²) in [5.41, 5.74) is 9.95. The molecule has 0 radical (unpaired) electrons. The molecule has 3 rings (SSSR count). The van der Waals surface area contributed by atoms with E-state index in [1.165, 1.54) is 5.56 Å². The van der Waals surface area contributed by atoms with Gasteiger partial charge in [-0.3, -0.25) is 4.79 Å². The maximum atomic E-state index is 12.3. The van der Waals surface area contributed by atoms with Gasteiger partial charge in [-0.1, -0.05) is 60.2 Å². The average molecular weight is 342 g/mol. The van der Waals surface area contributed by atoms with E-state index in [-0.39, 0.29) is 5.91 Å². The van der Waals surface area contributed by atoms with Crippen molar-refractivity contribution >= 4 is 12.1 Å². The van der Waals surface area contributed by atoms with Crippen molar-refractivity contribution in [2.75, 3.05) is 0 Å². The van der Waals surface area contributed by atoms with E-state index in [0.717, 1.165) is 27.8 Å². The van der Waals surface area contributed by atoms with Crippen LogP contribution in [0.1, 0.15) is 32.6 Å². The molecule has 0 spiro atoms. The molecule has 3 aromatic rings. The number of carbonyl (C=O) groups is 1. The van der Waals surface area contributed by atoms with Crippen molar-refractivity contribution in [3.8, 4) is 11.1 Å². The molecular weight excluding hydrogens is 320 g/mol. The minimum atomic E-state index is -0.219. The lowest BCUT2D eigenvalue weighted by Gasteiger charge is -2.07. The predicted molar refractivity (Wildman–Crippen MR) is 108 cm³/mol. The van der Waals surface area contributed by atoms with Gasteiger partial charge in [-0.25, -0.2) is 5.43 Å². The van der Waals surface area contributed by atoms with Crippen molar-refractivity contribution in [1.82, 2.24) is 5.43 Å².